The van der Waals surface area contributed by atoms with Gasteiger partial charge in [0.2, 0.25) is 0 Å². The van der Waals surface area contributed by atoms with Crippen LogP contribution in [0.25, 0.3) is 33.2 Å². The second-order valence-corrected chi connectivity index (χ2v) is 8.49. The van der Waals surface area contributed by atoms with Crippen molar-refractivity contribution in [3.05, 3.63) is 78.2 Å². The molecular formula is C25H26ClN3. The van der Waals surface area contributed by atoms with Crippen LogP contribution in [0.1, 0.15) is 6.92 Å². The van der Waals surface area contributed by atoms with Gasteiger partial charge in [0.05, 0.1) is 0 Å². The first-order valence-electron chi connectivity index (χ1n) is 9.95. The van der Waals surface area contributed by atoms with E-state index < -0.39 is 0 Å². The molecule has 2 aromatic carbocycles. The van der Waals surface area contributed by atoms with E-state index in [2.05, 4.69) is 72.0 Å². The molecule has 0 radical (unpaired) electrons. The SMILES string of the molecule is CC(CN(C)C)Cn1cc(-c2cncc(-c3ccc(Cl)cc3)c2)c2ccccc21. The predicted octanol–water partition coefficient (Wildman–Crippen LogP) is 6.22. The lowest BCUT2D eigenvalue weighted by Crippen LogP contribution is -2.22. The van der Waals surface area contributed by atoms with E-state index in [4.69, 9.17) is 11.6 Å². The van der Waals surface area contributed by atoms with Crippen molar-refractivity contribution in [2.24, 2.45) is 5.92 Å². The van der Waals surface area contributed by atoms with Crippen LogP contribution >= 0.6 is 11.6 Å². The summed E-state index contributed by atoms with van der Waals surface area (Å²) in [5.74, 6) is 0.562. The average Bonchev–Trinajstić information content (AvgIpc) is 3.06. The van der Waals surface area contributed by atoms with Gasteiger partial charge in [0.1, 0.15) is 0 Å². The van der Waals surface area contributed by atoms with Crippen LogP contribution in [-0.4, -0.2) is 35.1 Å². The second-order valence-electron chi connectivity index (χ2n) is 8.05. The largest absolute Gasteiger partial charge is 0.347 e. The monoisotopic (exact) mass is 403 g/mol. The van der Waals surface area contributed by atoms with E-state index in [-0.39, 0.29) is 0 Å². The fraction of sp³-hybridized carbons (Fsp3) is 0.240. The zero-order valence-electron chi connectivity index (χ0n) is 17.1. The third-order valence-electron chi connectivity index (χ3n) is 5.20. The van der Waals surface area contributed by atoms with Crippen molar-refractivity contribution in [3.8, 4) is 22.3 Å². The number of halogens is 1. The highest BCUT2D eigenvalue weighted by Crippen LogP contribution is 2.33. The topological polar surface area (TPSA) is 21.1 Å². The van der Waals surface area contributed by atoms with Crippen LogP contribution in [0.4, 0.5) is 0 Å². The molecule has 3 nitrogen and oxygen atoms in total. The summed E-state index contributed by atoms with van der Waals surface area (Å²) in [6.45, 7) is 4.36. The maximum absolute atomic E-state index is 6.05. The van der Waals surface area contributed by atoms with E-state index in [1.807, 2.05) is 36.7 Å². The molecule has 0 fully saturated rings. The molecular weight excluding hydrogens is 378 g/mol. The van der Waals surface area contributed by atoms with Crippen LogP contribution < -0.4 is 0 Å². The number of nitrogens with zero attached hydrogens (tertiary/aromatic N) is 3. The molecule has 0 amide bonds. The summed E-state index contributed by atoms with van der Waals surface area (Å²) in [6.07, 6.45) is 6.14. The van der Waals surface area contributed by atoms with Gasteiger partial charge in [-0.05, 0) is 49.8 Å². The Kier molecular flexibility index (Phi) is 5.70. The smallest absolute Gasteiger partial charge is 0.0486 e. The summed E-state index contributed by atoms with van der Waals surface area (Å²) in [5.41, 5.74) is 5.84. The van der Waals surface area contributed by atoms with E-state index in [0.29, 0.717) is 5.92 Å². The zero-order chi connectivity index (χ0) is 20.4. The molecule has 1 atom stereocenters. The fourth-order valence-corrected chi connectivity index (χ4v) is 4.16. The minimum atomic E-state index is 0.562. The first kappa shape index (κ1) is 19.7. The highest BCUT2D eigenvalue weighted by Gasteiger charge is 2.13. The standard InChI is InChI=1S/C25H26ClN3/c1-18(15-28(2)3)16-29-17-24(23-6-4-5-7-25(23)29)21-12-20(13-27-14-21)19-8-10-22(26)11-9-19/h4-14,17-18H,15-16H2,1-3H3. The lowest BCUT2D eigenvalue weighted by atomic mass is 10.0. The van der Waals surface area contributed by atoms with E-state index in [0.717, 1.165) is 34.8 Å². The average molecular weight is 404 g/mol. The molecule has 0 bridgehead atoms. The number of hydrogen-bond donors (Lipinski definition) is 0. The molecule has 2 aromatic heterocycles. The number of para-hydroxylation sites is 1. The summed E-state index contributed by atoms with van der Waals surface area (Å²) < 4.78 is 2.38. The normalized spacial score (nSPS) is 12.6. The van der Waals surface area contributed by atoms with Gasteiger partial charge in [-0.25, -0.2) is 0 Å². The van der Waals surface area contributed by atoms with E-state index in [1.54, 1.807) is 0 Å². The van der Waals surface area contributed by atoms with Crippen molar-refractivity contribution in [2.75, 3.05) is 20.6 Å². The molecule has 0 saturated carbocycles. The highest BCUT2D eigenvalue weighted by atomic mass is 35.5. The Morgan fingerprint density at radius 1 is 0.966 bits per heavy atom. The highest BCUT2D eigenvalue weighted by molar-refractivity contribution is 6.30. The van der Waals surface area contributed by atoms with Crippen molar-refractivity contribution < 1.29 is 0 Å². The van der Waals surface area contributed by atoms with Crippen molar-refractivity contribution >= 4 is 22.5 Å². The number of pyridine rings is 1. The van der Waals surface area contributed by atoms with Crippen molar-refractivity contribution in [2.45, 2.75) is 13.5 Å². The van der Waals surface area contributed by atoms with Gasteiger partial charge in [-0.15, -0.1) is 0 Å². The third-order valence-corrected chi connectivity index (χ3v) is 5.45. The number of fused-ring (bicyclic) bond motifs is 1. The van der Waals surface area contributed by atoms with E-state index in [1.165, 1.54) is 16.5 Å². The molecule has 4 aromatic rings. The summed E-state index contributed by atoms with van der Waals surface area (Å²) in [7, 11) is 4.26. The lowest BCUT2D eigenvalue weighted by molar-refractivity contribution is 0.318. The Hall–Kier alpha value is -2.62. The first-order chi connectivity index (χ1) is 14.0. The summed E-state index contributed by atoms with van der Waals surface area (Å²) >= 11 is 6.05. The summed E-state index contributed by atoms with van der Waals surface area (Å²) in [6, 6.07) is 18.8. The van der Waals surface area contributed by atoms with Gasteiger partial charge >= 0.3 is 0 Å². The number of rotatable bonds is 6. The van der Waals surface area contributed by atoms with Crippen LogP contribution in [0.5, 0.6) is 0 Å². The summed E-state index contributed by atoms with van der Waals surface area (Å²) in [5, 5.41) is 2.01. The second kappa shape index (κ2) is 8.40. The third kappa shape index (κ3) is 4.36. The maximum Gasteiger partial charge on any atom is 0.0486 e. The van der Waals surface area contributed by atoms with Gasteiger partial charge in [-0.3, -0.25) is 4.98 Å². The minimum absolute atomic E-state index is 0.562. The first-order valence-corrected chi connectivity index (χ1v) is 10.3. The fourth-order valence-electron chi connectivity index (χ4n) is 4.03. The van der Waals surface area contributed by atoms with Gasteiger partial charge in [0.15, 0.2) is 0 Å². The molecule has 0 aliphatic heterocycles. The molecule has 29 heavy (non-hydrogen) atoms. The Morgan fingerprint density at radius 2 is 1.69 bits per heavy atom. The minimum Gasteiger partial charge on any atom is -0.347 e. The molecule has 148 valence electrons. The zero-order valence-corrected chi connectivity index (χ0v) is 17.9. The molecule has 0 aliphatic carbocycles. The van der Waals surface area contributed by atoms with Gasteiger partial charge < -0.3 is 9.47 Å². The lowest BCUT2D eigenvalue weighted by Gasteiger charge is -2.18. The van der Waals surface area contributed by atoms with Crippen LogP contribution in [0.15, 0.2) is 73.2 Å². The van der Waals surface area contributed by atoms with Crippen LogP contribution in [0, 0.1) is 5.92 Å². The molecule has 0 N–H and O–H groups in total. The van der Waals surface area contributed by atoms with E-state index in [9.17, 15) is 0 Å². The maximum atomic E-state index is 6.05. The molecule has 0 aliphatic rings. The van der Waals surface area contributed by atoms with Gasteiger partial charge in [-0.1, -0.05) is 48.9 Å². The molecule has 0 saturated heterocycles. The van der Waals surface area contributed by atoms with Crippen LogP contribution in [0.3, 0.4) is 0 Å². The Labute approximate surface area is 177 Å². The van der Waals surface area contributed by atoms with Gasteiger partial charge in [0, 0.05) is 64.3 Å². The summed E-state index contributed by atoms with van der Waals surface area (Å²) in [4.78, 5) is 6.77. The number of hydrogen-bond acceptors (Lipinski definition) is 2. The van der Waals surface area contributed by atoms with Crippen molar-refractivity contribution in [1.29, 1.82) is 0 Å². The molecule has 2 heterocycles. The van der Waals surface area contributed by atoms with E-state index >= 15 is 0 Å². The number of benzene rings is 2. The molecule has 1 unspecified atom stereocenters. The van der Waals surface area contributed by atoms with Crippen molar-refractivity contribution in [1.82, 2.24) is 14.5 Å². The van der Waals surface area contributed by atoms with Gasteiger partial charge in [0.25, 0.3) is 0 Å². The van der Waals surface area contributed by atoms with Crippen LogP contribution in [-0.2, 0) is 6.54 Å². The quantitative estimate of drug-likeness (QED) is 0.381. The van der Waals surface area contributed by atoms with Gasteiger partial charge in [-0.2, -0.15) is 0 Å². The predicted molar refractivity (Wildman–Crippen MR) is 123 cm³/mol. The Balaban J connectivity index is 1.74. The molecule has 4 rings (SSSR count). The Bertz CT molecular complexity index is 1110. The van der Waals surface area contributed by atoms with Crippen LogP contribution in [0.2, 0.25) is 5.02 Å². The molecule has 4 heteroatoms. The Morgan fingerprint density at radius 3 is 2.45 bits per heavy atom. The number of aromatic nitrogens is 2. The molecule has 0 spiro atoms. The van der Waals surface area contributed by atoms with Crippen molar-refractivity contribution in [3.63, 3.8) is 0 Å².